The number of phenols is 1. The third-order valence-corrected chi connectivity index (χ3v) is 3.51. The molecule has 0 aliphatic rings. The minimum absolute atomic E-state index is 0.103. The lowest BCUT2D eigenvalue weighted by atomic mass is 10.1. The van der Waals surface area contributed by atoms with Crippen molar-refractivity contribution in [2.75, 3.05) is 26.1 Å². The first-order chi connectivity index (χ1) is 12.0. The van der Waals surface area contributed by atoms with E-state index in [0.717, 1.165) is 5.56 Å². The molecule has 0 saturated heterocycles. The largest absolute Gasteiger partial charge is 0.506 e. The Bertz CT molecular complexity index is 761. The monoisotopic (exact) mass is 344 g/mol. The van der Waals surface area contributed by atoms with E-state index >= 15 is 0 Å². The number of aromatic hydroxyl groups is 1. The van der Waals surface area contributed by atoms with Crippen LogP contribution in [0.2, 0.25) is 0 Å². The van der Waals surface area contributed by atoms with Crippen LogP contribution in [0.3, 0.4) is 0 Å². The Morgan fingerprint density at radius 3 is 2.40 bits per heavy atom. The number of nitrogens with one attached hydrogen (secondary N) is 2. The smallest absolute Gasteiger partial charge is 0.313 e. The van der Waals surface area contributed by atoms with Crippen molar-refractivity contribution in [2.24, 2.45) is 0 Å². The van der Waals surface area contributed by atoms with Gasteiger partial charge in [-0.2, -0.15) is 0 Å². The summed E-state index contributed by atoms with van der Waals surface area (Å²) in [7, 11) is 3.10. The number of carbonyl (C=O) groups excluding carboxylic acids is 2. The Kier molecular flexibility index (Phi) is 6.22. The van der Waals surface area contributed by atoms with Gasteiger partial charge in [0.1, 0.15) is 5.75 Å². The maximum atomic E-state index is 11.8. The van der Waals surface area contributed by atoms with Gasteiger partial charge in [-0.05, 0) is 36.2 Å². The maximum Gasteiger partial charge on any atom is 0.313 e. The fourth-order valence-corrected chi connectivity index (χ4v) is 2.20. The molecule has 0 saturated carbocycles. The second-order valence-corrected chi connectivity index (χ2v) is 5.17. The molecule has 7 heteroatoms. The highest BCUT2D eigenvalue weighted by Gasteiger charge is 2.14. The molecule has 3 N–H and O–H groups in total. The van der Waals surface area contributed by atoms with Crippen LogP contribution in [0.1, 0.15) is 5.56 Å². The van der Waals surface area contributed by atoms with Crippen LogP contribution < -0.4 is 20.1 Å². The second kappa shape index (κ2) is 8.58. The fourth-order valence-electron chi connectivity index (χ4n) is 2.20. The number of rotatable bonds is 6. The van der Waals surface area contributed by atoms with Crippen LogP contribution in [-0.2, 0) is 16.0 Å². The Balaban J connectivity index is 1.86. The van der Waals surface area contributed by atoms with E-state index in [9.17, 15) is 14.7 Å². The normalized spacial score (nSPS) is 10.0. The Labute approximate surface area is 145 Å². The summed E-state index contributed by atoms with van der Waals surface area (Å²) in [6, 6.07) is 11.6. The number of hydrogen-bond acceptors (Lipinski definition) is 5. The van der Waals surface area contributed by atoms with Crippen molar-refractivity contribution in [3.63, 3.8) is 0 Å². The number of benzene rings is 2. The van der Waals surface area contributed by atoms with E-state index in [1.54, 1.807) is 32.4 Å². The summed E-state index contributed by atoms with van der Waals surface area (Å²) in [5, 5.41) is 14.5. The number of amides is 2. The number of ether oxygens (including phenoxy) is 2. The zero-order valence-corrected chi connectivity index (χ0v) is 14.0. The predicted molar refractivity (Wildman–Crippen MR) is 93.0 cm³/mol. The molecule has 0 aliphatic heterocycles. The zero-order valence-electron chi connectivity index (χ0n) is 14.0. The molecule has 25 heavy (non-hydrogen) atoms. The minimum Gasteiger partial charge on any atom is -0.506 e. The topological polar surface area (TPSA) is 96.9 Å². The summed E-state index contributed by atoms with van der Waals surface area (Å²) in [6.07, 6.45) is 0.524. The van der Waals surface area contributed by atoms with E-state index in [4.69, 9.17) is 9.47 Å². The van der Waals surface area contributed by atoms with Gasteiger partial charge in [0, 0.05) is 6.54 Å². The summed E-state index contributed by atoms with van der Waals surface area (Å²) in [5.74, 6) is -0.493. The van der Waals surface area contributed by atoms with E-state index < -0.39 is 11.8 Å². The molecular weight excluding hydrogens is 324 g/mol. The molecule has 0 spiro atoms. The number of hydrogen-bond donors (Lipinski definition) is 3. The van der Waals surface area contributed by atoms with Crippen molar-refractivity contribution in [3.8, 4) is 17.2 Å². The summed E-state index contributed by atoms with van der Waals surface area (Å²) >= 11 is 0. The average Bonchev–Trinajstić information content (AvgIpc) is 2.63. The molecule has 0 fully saturated rings. The van der Waals surface area contributed by atoms with E-state index in [0.29, 0.717) is 17.9 Å². The van der Waals surface area contributed by atoms with Crippen molar-refractivity contribution in [3.05, 3.63) is 48.0 Å². The van der Waals surface area contributed by atoms with E-state index in [-0.39, 0.29) is 18.0 Å². The standard InChI is InChI=1S/C18H20N2O5/c1-24-15-8-7-12(11-16(15)25-2)9-10-19-17(22)18(23)20-13-5-3-4-6-14(13)21/h3-8,11,21H,9-10H2,1-2H3,(H,19,22)(H,20,23). The molecule has 0 heterocycles. The molecule has 2 rings (SSSR count). The van der Waals surface area contributed by atoms with Crippen molar-refractivity contribution in [1.82, 2.24) is 5.32 Å². The van der Waals surface area contributed by atoms with Gasteiger partial charge in [0.05, 0.1) is 19.9 Å². The molecule has 0 aromatic heterocycles. The Hall–Kier alpha value is -3.22. The summed E-state index contributed by atoms with van der Waals surface area (Å²) < 4.78 is 10.4. The minimum atomic E-state index is -0.839. The van der Waals surface area contributed by atoms with E-state index in [1.165, 1.54) is 12.1 Å². The third-order valence-electron chi connectivity index (χ3n) is 3.51. The molecule has 7 nitrogen and oxygen atoms in total. The molecule has 2 aromatic rings. The quantitative estimate of drug-likeness (QED) is 0.547. The van der Waals surface area contributed by atoms with Gasteiger partial charge in [0.15, 0.2) is 11.5 Å². The van der Waals surface area contributed by atoms with Gasteiger partial charge in [-0.25, -0.2) is 0 Å². The van der Waals surface area contributed by atoms with Gasteiger partial charge in [-0.3, -0.25) is 9.59 Å². The maximum absolute atomic E-state index is 11.8. The van der Waals surface area contributed by atoms with Crippen LogP contribution >= 0.6 is 0 Å². The number of methoxy groups -OCH3 is 2. The average molecular weight is 344 g/mol. The van der Waals surface area contributed by atoms with Crippen molar-refractivity contribution < 1.29 is 24.2 Å². The van der Waals surface area contributed by atoms with Gasteiger partial charge in [-0.1, -0.05) is 18.2 Å². The van der Waals surface area contributed by atoms with Crippen LogP contribution in [0.4, 0.5) is 5.69 Å². The number of anilines is 1. The van der Waals surface area contributed by atoms with Gasteiger partial charge in [0.2, 0.25) is 0 Å². The van der Waals surface area contributed by atoms with Gasteiger partial charge >= 0.3 is 11.8 Å². The summed E-state index contributed by atoms with van der Waals surface area (Å²) in [5.41, 5.74) is 1.11. The summed E-state index contributed by atoms with van der Waals surface area (Å²) in [4.78, 5) is 23.6. The van der Waals surface area contributed by atoms with E-state index in [2.05, 4.69) is 10.6 Å². The number of phenolic OH excluding ortho intramolecular Hbond substituents is 1. The first-order valence-electron chi connectivity index (χ1n) is 7.63. The van der Waals surface area contributed by atoms with Gasteiger partial charge in [-0.15, -0.1) is 0 Å². The lowest BCUT2D eigenvalue weighted by Gasteiger charge is -2.10. The molecule has 2 aromatic carbocycles. The van der Waals surface area contributed by atoms with Crippen LogP contribution in [0, 0.1) is 0 Å². The third kappa shape index (κ3) is 4.87. The second-order valence-electron chi connectivity index (χ2n) is 5.17. The number of carbonyl (C=O) groups is 2. The first-order valence-corrected chi connectivity index (χ1v) is 7.63. The van der Waals surface area contributed by atoms with Crippen molar-refractivity contribution >= 4 is 17.5 Å². The zero-order chi connectivity index (χ0) is 18.2. The first kappa shape index (κ1) is 18.1. The van der Waals surface area contributed by atoms with Crippen molar-refractivity contribution in [2.45, 2.75) is 6.42 Å². The van der Waals surface area contributed by atoms with Crippen molar-refractivity contribution in [1.29, 1.82) is 0 Å². The van der Waals surface area contributed by atoms with Crippen LogP contribution in [0.5, 0.6) is 17.2 Å². The SMILES string of the molecule is COc1ccc(CCNC(=O)C(=O)Nc2ccccc2O)cc1OC. The molecular formula is C18H20N2O5. The lowest BCUT2D eigenvalue weighted by molar-refractivity contribution is -0.136. The molecule has 0 unspecified atom stereocenters. The molecule has 0 aliphatic carbocycles. The predicted octanol–water partition coefficient (Wildman–Crippen LogP) is 1.71. The highest BCUT2D eigenvalue weighted by Crippen LogP contribution is 2.27. The highest BCUT2D eigenvalue weighted by molar-refractivity contribution is 6.39. The number of para-hydroxylation sites is 2. The van der Waals surface area contributed by atoms with Crippen LogP contribution in [0.25, 0.3) is 0 Å². The molecule has 2 amide bonds. The molecule has 0 radical (unpaired) electrons. The molecule has 132 valence electrons. The van der Waals surface area contributed by atoms with Crippen LogP contribution in [0.15, 0.2) is 42.5 Å². The van der Waals surface area contributed by atoms with Crippen LogP contribution in [-0.4, -0.2) is 37.7 Å². The van der Waals surface area contributed by atoms with Gasteiger partial charge in [0.25, 0.3) is 0 Å². The van der Waals surface area contributed by atoms with Gasteiger partial charge < -0.3 is 25.2 Å². The highest BCUT2D eigenvalue weighted by atomic mass is 16.5. The van der Waals surface area contributed by atoms with E-state index in [1.807, 2.05) is 12.1 Å². The lowest BCUT2D eigenvalue weighted by Crippen LogP contribution is -2.36. The molecule has 0 bridgehead atoms. The Morgan fingerprint density at radius 2 is 1.72 bits per heavy atom. The molecule has 0 atom stereocenters. The summed E-state index contributed by atoms with van der Waals surface area (Å²) in [6.45, 7) is 0.280. The fraction of sp³-hybridized carbons (Fsp3) is 0.222. The Morgan fingerprint density at radius 1 is 1.00 bits per heavy atom.